The Kier molecular flexibility index (Phi) is 3.57. The van der Waals surface area contributed by atoms with Gasteiger partial charge in [-0.2, -0.15) is 0 Å². The summed E-state index contributed by atoms with van der Waals surface area (Å²) in [7, 11) is 3.01. The van der Waals surface area contributed by atoms with Gasteiger partial charge in [-0.1, -0.05) is 6.07 Å². The number of carbonyl (C=O) groups is 1. The molecule has 0 atom stereocenters. The Morgan fingerprint density at radius 1 is 1.04 bits per heavy atom. The van der Waals surface area contributed by atoms with Crippen molar-refractivity contribution >= 4 is 11.9 Å². The van der Waals surface area contributed by atoms with Gasteiger partial charge in [-0.3, -0.25) is 4.79 Å². The van der Waals surface area contributed by atoms with Crippen molar-refractivity contribution in [3.63, 3.8) is 0 Å². The molecule has 1 aliphatic rings. The summed E-state index contributed by atoms with van der Waals surface area (Å²) in [5, 5.41) is 19.3. The predicted molar refractivity (Wildman–Crippen MR) is 82.3 cm³/mol. The van der Waals surface area contributed by atoms with Crippen molar-refractivity contribution in [2.24, 2.45) is 0 Å². The first-order valence-electron chi connectivity index (χ1n) is 6.77. The van der Waals surface area contributed by atoms with E-state index in [4.69, 9.17) is 14.2 Å². The standard InChI is InChI=1S/C17H14O6/c1-21-12-4-3-5-13(22-2)10(12)8-14-15(19)9-6-7-11(18)16(20)17(9)23-14/h3-8,18,20H,1-2H3/b14-8-. The largest absolute Gasteiger partial charge is 0.504 e. The van der Waals surface area contributed by atoms with Crippen LogP contribution in [-0.4, -0.2) is 30.2 Å². The first-order valence-corrected chi connectivity index (χ1v) is 6.77. The van der Waals surface area contributed by atoms with Crippen molar-refractivity contribution in [1.29, 1.82) is 0 Å². The molecule has 6 heteroatoms. The van der Waals surface area contributed by atoms with Crippen molar-refractivity contribution in [2.75, 3.05) is 14.2 Å². The van der Waals surface area contributed by atoms with Gasteiger partial charge in [-0.25, -0.2) is 0 Å². The number of methoxy groups -OCH3 is 2. The van der Waals surface area contributed by atoms with Crippen LogP contribution >= 0.6 is 0 Å². The van der Waals surface area contributed by atoms with Gasteiger partial charge in [0, 0.05) is 0 Å². The molecule has 0 bridgehead atoms. The second kappa shape index (κ2) is 5.57. The number of phenolic OH excluding ortho intramolecular Hbond substituents is 2. The van der Waals surface area contributed by atoms with E-state index in [0.717, 1.165) is 0 Å². The maximum atomic E-state index is 12.4. The number of carbonyl (C=O) groups excluding carboxylic acids is 1. The van der Waals surface area contributed by atoms with Crippen LogP contribution in [0.3, 0.4) is 0 Å². The molecule has 0 unspecified atom stereocenters. The van der Waals surface area contributed by atoms with E-state index < -0.39 is 11.5 Å². The SMILES string of the molecule is COc1cccc(OC)c1/C=C1\Oc2c(ccc(O)c2O)C1=O. The van der Waals surface area contributed by atoms with Crippen LogP contribution in [0.5, 0.6) is 28.7 Å². The lowest BCUT2D eigenvalue weighted by atomic mass is 10.1. The average Bonchev–Trinajstić information content (AvgIpc) is 2.88. The Morgan fingerprint density at radius 2 is 1.70 bits per heavy atom. The van der Waals surface area contributed by atoms with Crippen LogP contribution in [0.4, 0.5) is 0 Å². The van der Waals surface area contributed by atoms with Crippen LogP contribution < -0.4 is 14.2 Å². The normalized spacial score (nSPS) is 14.5. The molecule has 0 saturated heterocycles. The molecular formula is C17H14O6. The van der Waals surface area contributed by atoms with Gasteiger partial charge in [-0.05, 0) is 30.3 Å². The van der Waals surface area contributed by atoms with Gasteiger partial charge in [0.25, 0.3) is 0 Å². The molecule has 0 fully saturated rings. The van der Waals surface area contributed by atoms with E-state index in [1.165, 1.54) is 32.4 Å². The molecular weight excluding hydrogens is 300 g/mol. The summed E-state index contributed by atoms with van der Waals surface area (Å²) >= 11 is 0. The third-order valence-electron chi connectivity index (χ3n) is 3.53. The quantitative estimate of drug-likeness (QED) is 0.669. The molecule has 23 heavy (non-hydrogen) atoms. The molecule has 6 nitrogen and oxygen atoms in total. The van der Waals surface area contributed by atoms with Crippen molar-refractivity contribution in [1.82, 2.24) is 0 Å². The molecule has 118 valence electrons. The Labute approximate surface area is 132 Å². The van der Waals surface area contributed by atoms with Crippen LogP contribution in [0.1, 0.15) is 15.9 Å². The zero-order valence-electron chi connectivity index (χ0n) is 12.5. The first-order chi connectivity index (χ1) is 11.1. The number of aromatic hydroxyl groups is 2. The molecule has 0 radical (unpaired) electrons. The zero-order chi connectivity index (χ0) is 16.6. The number of rotatable bonds is 3. The third kappa shape index (κ3) is 2.34. The van der Waals surface area contributed by atoms with Gasteiger partial charge in [0.05, 0.1) is 25.3 Å². The van der Waals surface area contributed by atoms with Gasteiger partial charge in [0.2, 0.25) is 11.5 Å². The lowest BCUT2D eigenvalue weighted by molar-refractivity contribution is 0.101. The average molecular weight is 314 g/mol. The summed E-state index contributed by atoms with van der Waals surface area (Å²) in [6.07, 6.45) is 1.48. The number of allylic oxidation sites excluding steroid dienone is 1. The summed E-state index contributed by atoms with van der Waals surface area (Å²) < 4.78 is 16.0. The topological polar surface area (TPSA) is 85.2 Å². The van der Waals surface area contributed by atoms with Crippen LogP contribution in [0.2, 0.25) is 0 Å². The van der Waals surface area contributed by atoms with Crippen LogP contribution in [-0.2, 0) is 0 Å². The molecule has 0 aliphatic carbocycles. The number of Topliss-reactive ketones (excluding diaryl/α,β-unsaturated/α-hetero) is 1. The van der Waals surface area contributed by atoms with Crippen LogP contribution in [0, 0.1) is 0 Å². The van der Waals surface area contributed by atoms with E-state index in [9.17, 15) is 15.0 Å². The molecule has 0 spiro atoms. The molecule has 2 N–H and O–H groups in total. The number of ketones is 1. The van der Waals surface area contributed by atoms with Crippen LogP contribution in [0.15, 0.2) is 36.1 Å². The molecule has 0 aromatic heterocycles. The Morgan fingerprint density at radius 3 is 2.30 bits per heavy atom. The van der Waals surface area contributed by atoms with E-state index in [-0.39, 0.29) is 22.8 Å². The fraction of sp³-hybridized carbons (Fsp3) is 0.118. The number of ether oxygens (including phenoxy) is 3. The van der Waals surface area contributed by atoms with E-state index in [1.54, 1.807) is 18.2 Å². The van der Waals surface area contributed by atoms with E-state index in [1.807, 2.05) is 0 Å². The van der Waals surface area contributed by atoms with Crippen molar-refractivity contribution in [3.05, 3.63) is 47.2 Å². The molecule has 3 rings (SSSR count). The Hall–Kier alpha value is -3.15. The molecule has 1 heterocycles. The monoisotopic (exact) mass is 314 g/mol. The molecule has 0 amide bonds. The van der Waals surface area contributed by atoms with Gasteiger partial charge in [-0.15, -0.1) is 0 Å². The third-order valence-corrected chi connectivity index (χ3v) is 3.53. The van der Waals surface area contributed by atoms with Crippen molar-refractivity contribution in [3.8, 4) is 28.7 Å². The van der Waals surface area contributed by atoms with E-state index >= 15 is 0 Å². The Bertz CT molecular complexity index is 800. The molecule has 2 aromatic rings. The fourth-order valence-corrected chi connectivity index (χ4v) is 2.38. The highest BCUT2D eigenvalue weighted by molar-refractivity contribution is 6.15. The smallest absolute Gasteiger partial charge is 0.232 e. The summed E-state index contributed by atoms with van der Waals surface area (Å²) in [4.78, 5) is 12.4. The minimum atomic E-state index is -0.466. The minimum Gasteiger partial charge on any atom is -0.504 e. The maximum absolute atomic E-state index is 12.4. The van der Waals surface area contributed by atoms with Gasteiger partial charge in [0.15, 0.2) is 17.3 Å². The Balaban J connectivity index is 2.10. The number of benzene rings is 2. The number of hydrogen-bond acceptors (Lipinski definition) is 6. The minimum absolute atomic E-state index is 0.00343. The second-order valence-electron chi connectivity index (χ2n) is 4.83. The summed E-state index contributed by atoms with van der Waals surface area (Å²) in [6.45, 7) is 0. The highest BCUT2D eigenvalue weighted by Gasteiger charge is 2.31. The maximum Gasteiger partial charge on any atom is 0.232 e. The van der Waals surface area contributed by atoms with E-state index in [2.05, 4.69) is 0 Å². The fourth-order valence-electron chi connectivity index (χ4n) is 2.38. The highest BCUT2D eigenvalue weighted by atomic mass is 16.5. The molecule has 0 saturated carbocycles. The second-order valence-corrected chi connectivity index (χ2v) is 4.83. The number of fused-ring (bicyclic) bond motifs is 1. The van der Waals surface area contributed by atoms with Crippen LogP contribution in [0.25, 0.3) is 6.08 Å². The lowest BCUT2D eigenvalue weighted by Gasteiger charge is -2.10. The zero-order valence-corrected chi connectivity index (χ0v) is 12.5. The highest BCUT2D eigenvalue weighted by Crippen LogP contribution is 2.44. The van der Waals surface area contributed by atoms with Crippen molar-refractivity contribution < 1.29 is 29.2 Å². The van der Waals surface area contributed by atoms with Gasteiger partial charge in [0.1, 0.15) is 11.5 Å². The first kappa shape index (κ1) is 14.8. The summed E-state index contributed by atoms with van der Waals surface area (Å²) in [6, 6.07) is 7.85. The lowest BCUT2D eigenvalue weighted by Crippen LogP contribution is -2.00. The summed E-state index contributed by atoms with van der Waals surface area (Å²) in [5.74, 6) is -0.256. The molecule has 2 aromatic carbocycles. The molecule has 1 aliphatic heterocycles. The summed E-state index contributed by atoms with van der Waals surface area (Å²) in [5.41, 5.74) is 0.720. The van der Waals surface area contributed by atoms with E-state index in [0.29, 0.717) is 17.1 Å². The number of phenols is 2. The predicted octanol–water partition coefficient (Wildman–Crippen LogP) is 2.73. The van der Waals surface area contributed by atoms with Gasteiger partial charge >= 0.3 is 0 Å². The number of hydrogen-bond donors (Lipinski definition) is 2. The van der Waals surface area contributed by atoms with Crippen molar-refractivity contribution in [2.45, 2.75) is 0 Å². The van der Waals surface area contributed by atoms with Gasteiger partial charge < -0.3 is 24.4 Å².